The predicted molar refractivity (Wildman–Crippen MR) is 66.2 cm³/mol. The Kier molecular flexibility index (Phi) is 4.02. The molecule has 0 saturated carbocycles. The molecular formula is C14H20O3. The van der Waals surface area contributed by atoms with Crippen molar-refractivity contribution >= 4 is 0 Å². The standard InChI is InChI=1S/C14H20O3/c1-10-3-4-14(13(7-10)11(2)15)17-9-12-5-6-16-8-12/h3-4,7,11-12,15H,5-6,8-9H2,1-2H3. The third-order valence-corrected chi connectivity index (χ3v) is 3.11. The Bertz CT molecular complexity index is 368. The number of hydrogen-bond donors (Lipinski definition) is 1. The summed E-state index contributed by atoms with van der Waals surface area (Å²) in [6.45, 7) is 6.07. The zero-order valence-electron chi connectivity index (χ0n) is 10.5. The van der Waals surface area contributed by atoms with Crippen molar-refractivity contribution in [2.75, 3.05) is 19.8 Å². The van der Waals surface area contributed by atoms with Gasteiger partial charge in [0, 0.05) is 18.1 Å². The van der Waals surface area contributed by atoms with Crippen LogP contribution in [0, 0.1) is 12.8 Å². The van der Waals surface area contributed by atoms with Gasteiger partial charge in [0.15, 0.2) is 0 Å². The topological polar surface area (TPSA) is 38.7 Å². The minimum atomic E-state index is -0.496. The summed E-state index contributed by atoms with van der Waals surface area (Å²) in [4.78, 5) is 0. The molecule has 17 heavy (non-hydrogen) atoms. The van der Waals surface area contributed by atoms with Gasteiger partial charge in [-0.1, -0.05) is 11.6 Å². The van der Waals surface area contributed by atoms with E-state index >= 15 is 0 Å². The van der Waals surface area contributed by atoms with Crippen LogP contribution in [0.2, 0.25) is 0 Å². The number of ether oxygens (including phenoxy) is 2. The van der Waals surface area contributed by atoms with Gasteiger partial charge in [0.25, 0.3) is 0 Å². The van der Waals surface area contributed by atoms with Crippen LogP contribution in [0.15, 0.2) is 18.2 Å². The Hall–Kier alpha value is -1.06. The van der Waals surface area contributed by atoms with E-state index in [-0.39, 0.29) is 0 Å². The van der Waals surface area contributed by atoms with Gasteiger partial charge in [-0.15, -0.1) is 0 Å². The molecule has 0 radical (unpaired) electrons. The molecule has 2 atom stereocenters. The van der Waals surface area contributed by atoms with Crippen LogP contribution in [-0.2, 0) is 4.74 Å². The zero-order valence-corrected chi connectivity index (χ0v) is 10.5. The second-order valence-corrected chi connectivity index (χ2v) is 4.76. The van der Waals surface area contributed by atoms with E-state index in [2.05, 4.69) is 0 Å². The fourth-order valence-corrected chi connectivity index (χ4v) is 2.05. The van der Waals surface area contributed by atoms with E-state index in [0.717, 1.165) is 36.5 Å². The number of benzene rings is 1. The molecular weight excluding hydrogens is 216 g/mol. The minimum absolute atomic E-state index is 0.484. The monoisotopic (exact) mass is 236 g/mol. The lowest BCUT2D eigenvalue weighted by molar-refractivity contribution is 0.162. The molecule has 2 unspecified atom stereocenters. The van der Waals surface area contributed by atoms with Crippen molar-refractivity contribution in [1.82, 2.24) is 0 Å². The number of hydrogen-bond acceptors (Lipinski definition) is 3. The molecule has 3 nitrogen and oxygen atoms in total. The molecule has 1 aliphatic rings. The Morgan fingerprint density at radius 2 is 2.35 bits per heavy atom. The normalized spacial score (nSPS) is 21.5. The van der Waals surface area contributed by atoms with Crippen LogP contribution in [0.25, 0.3) is 0 Å². The maximum atomic E-state index is 9.72. The van der Waals surface area contributed by atoms with Crippen molar-refractivity contribution < 1.29 is 14.6 Å². The lowest BCUT2D eigenvalue weighted by atomic mass is 10.1. The Morgan fingerprint density at radius 1 is 1.53 bits per heavy atom. The summed E-state index contributed by atoms with van der Waals surface area (Å²) in [5, 5.41) is 9.72. The number of aliphatic hydroxyl groups excluding tert-OH is 1. The molecule has 1 aliphatic heterocycles. The molecule has 2 rings (SSSR count). The van der Waals surface area contributed by atoms with Crippen molar-refractivity contribution in [3.8, 4) is 5.75 Å². The number of aliphatic hydroxyl groups is 1. The van der Waals surface area contributed by atoms with Crippen LogP contribution in [0.4, 0.5) is 0 Å². The van der Waals surface area contributed by atoms with Gasteiger partial charge < -0.3 is 14.6 Å². The lowest BCUT2D eigenvalue weighted by Crippen LogP contribution is -2.13. The van der Waals surface area contributed by atoms with Gasteiger partial charge in [0.1, 0.15) is 5.75 Å². The Labute approximate surface area is 102 Å². The molecule has 1 heterocycles. The largest absolute Gasteiger partial charge is 0.493 e. The summed E-state index contributed by atoms with van der Waals surface area (Å²) in [7, 11) is 0. The van der Waals surface area contributed by atoms with E-state index in [1.54, 1.807) is 6.92 Å². The molecule has 1 saturated heterocycles. The minimum Gasteiger partial charge on any atom is -0.493 e. The second kappa shape index (κ2) is 5.52. The van der Waals surface area contributed by atoms with Gasteiger partial charge in [-0.3, -0.25) is 0 Å². The first-order chi connectivity index (χ1) is 8.16. The first-order valence-electron chi connectivity index (χ1n) is 6.16. The van der Waals surface area contributed by atoms with Gasteiger partial charge in [0.05, 0.1) is 19.3 Å². The van der Waals surface area contributed by atoms with Crippen molar-refractivity contribution in [1.29, 1.82) is 0 Å². The molecule has 3 heteroatoms. The van der Waals surface area contributed by atoms with Gasteiger partial charge in [0.2, 0.25) is 0 Å². The summed E-state index contributed by atoms with van der Waals surface area (Å²) in [6, 6.07) is 5.92. The maximum absolute atomic E-state index is 9.72. The van der Waals surface area contributed by atoms with Crippen LogP contribution < -0.4 is 4.74 Å². The first kappa shape index (κ1) is 12.4. The summed E-state index contributed by atoms with van der Waals surface area (Å²) in [5.41, 5.74) is 2.00. The molecule has 1 N–H and O–H groups in total. The smallest absolute Gasteiger partial charge is 0.125 e. The van der Waals surface area contributed by atoms with Crippen LogP contribution >= 0.6 is 0 Å². The van der Waals surface area contributed by atoms with Crippen LogP contribution in [0.3, 0.4) is 0 Å². The van der Waals surface area contributed by atoms with E-state index in [0.29, 0.717) is 12.5 Å². The highest BCUT2D eigenvalue weighted by Crippen LogP contribution is 2.27. The molecule has 94 valence electrons. The van der Waals surface area contributed by atoms with Gasteiger partial charge in [-0.25, -0.2) is 0 Å². The van der Waals surface area contributed by atoms with Crippen LogP contribution in [-0.4, -0.2) is 24.9 Å². The highest BCUT2D eigenvalue weighted by molar-refractivity contribution is 5.38. The van der Waals surface area contributed by atoms with Gasteiger partial charge in [-0.05, 0) is 32.4 Å². The quantitative estimate of drug-likeness (QED) is 0.872. The Balaban J connectivity index is 2.03. The molecule has 0 bridgehead atoms. The lowest BCUT2D eigenvalue weighted by Gasteiger charge is -2.16. The fourth-order valence-electron chi connectivity index (χ4n) is 2.05. The summed E-state index contributed by atoms with van der Waals surface area (Å²) >= 11 is 0. The highest BCUT2D eigenvalue weighted by atomic mass is 16.5. The molecule has 1 aromatic carbocycles. The van der Waals surface area contributed by atoms with Gasteiger partial charge in [-0.2, -0.15) is 0 Å². The molecule has 0 aliphatic carbocycles. The molecule has 0 amide bonds. The van der Waals surface area contributed by atoms with E-state index < -0.39 is 6.10 Å². The SMILES string of the molecule is Cc1ccc(OCC2CCOC2)c(C(C)O)c1. The van der Waals surface area contributed by atoms with Gasteiger partial charge >= 0.3 is 0 Å². The molecule has 0 aromatic heterocycles. The first-order valence-corrected chi connectivity index (χ1v) is 6.16. The average molecular weight is 236 g/mol. The fraction of sp³-hybridized carbons (Fsp3) is 0.571. The summed E-state index contributed by atoms with van der Waals surface area (Å²) in [6.07, 6.45) is 0.570. The van der Waals surface area contributed by atoms with E-state index in [1.165, 1.54) is 0 Å². The van der Waals surface area contributed by atoms with Crippen molar-refractivity contribution in [3.05, 3.63) is 29.3 Å². The van der Waals surface area contributed by atoms with E-state index in [4.69, 9.17) is 9.47 Å². The zero-order chi connectivity index (χ0) is 12.3. The molecule has 0 spiro atoms. The molecule has 1 aromatic rings. The third-order valence-electron chi connectivity index (χ3n) is 3.11. The predicted octanol–water partition coefficient (Wildman–Crippen LogP) is 2.46. The van der Waals surface area contributed by atoms with E-state index in [1.807, 2.05) is 25.1 Å². The number of aryl methyl sites for hydroxylation is 1. The highest BCUT2D eigenvalue weighted by Gasteiger charge is 2.17. The summed E-state index contributed by atoms with van der Waals surface area (Å²) < 4.78 is 11.1. The Morgan fingerprint density at radius 3 is 3.00 bits per heavy atom. The van der Waals surface area contributed by atoms with Crippen molar-refractivity contribution in [2.45, 2.75) is 26.4 Å². The molecule has 1 fully saturated rings. The average Bonchev–Trinajstić information content (AvgIpc) is 2.80. The van der Waals surface area contributed by atoms with E-state index in [9.17, 15) is 5.11 Å². The van der Waals surface area contributed by atoms with Crippen LogP contribution in [0.5, 0.6) is 5.75 Å². The van der Waals surface area contributed by atoms with Crippen LogP contribution in [0.1, 0.15) is 30.6 Å². The summed E-state index contributed by atoms with van der Waals surface area (Å²) in [5.74, 6) is 1.27. The number of rotatable bonds is 4. The van der Waals surface area contributed by atoms with Crippen molar-refractivity contribution in [2.24, 2.45) is 5.92 Å². The third kappa shape index (κ3) is 3.20. The maximum Gasteiger partial charge on any atom is 0.125 e. The van der Waals surface area contributed by atoms with Crippen molar-refractivity contribution in [3.63, 3.8) is 0 Å². The second-order valence-electron chi connectivity index (χ2n) is 4.76.